The molecule has 22 heavy (non-hydrogen) atoms. The second-order valence-electron chi connectivity index (χ2n) is 4.69. The zero-order valence-corrected chi connectivity index (χ0v) is 12.7. The van der Waals surface area contributed by atoms with Gasteiger partial charge in [-0.25, -0.2) is 9.18 Å². The number of nitrogens with zero attached hydrogens (tertiary/aromatic N) is 1. The molecule has 6 heteroatoms. The summed E-state index contributed by atoms with van der Waals surface area (Å²) in [5.41, 5.74) is 6.38. The number of urea groups is 1. The van der Waals surface area contributed by atoms with Crippen LogP contribution in [0.5, 0.6) is 0 Å². The van der Waals surface area contributed by atoms with Crippen molar-refractivity contribution >= 4 is 24.1 Å². The molecular formula is C16H18ClFN2O2. The highest BCUT2D eigenvalue weighted by Crippen LogP contribution is 2.22. The number of rotatable bonds is 5. The van der Waals surface area contributed by atoms with Crippen molar-refractivity contribution in [3.05, 3.63) is 66.0 Å². The number of primary amides is 1. The minimum atomic E-state index is -0.796. The van der Waals surface area contributed by atoms with Gasteiger partial charge in [0.2, 0.25) is 0 Å². The largest absolute Gasteiger partial charge is 0.394 e. The highest BCUT2D eigenvalue weighted by molar-refractivity contribution is 5.91. The normalized spacial score (nSPS) is 11.4. The van der Waals surface area contributed by atoms with E-state index in [-0.39, 0.29) is 24.7 Å². The van der Waals surface area contributed by atoms with Crippen LogP contribution in [0.4, 0.5) is 14.9 Å². The monoisotopic (exact) mass is 324 g/mol. The summed E-state index contributed by atoms with van der Waals surface area (Å²) in [6.07, 6.45) is 0.384. The third-order valence-electron chi connectivity index (χ3n) is 3.24. The highest BCUT2D eigenvalue weighted by atomic mass is 35.5. The molecule has 0 aliphatic heterocycles. The van der Waals surface area contributed by atoms with Crippen LogP contribution in [0.1, 0.15) is 5.56 Å². The van der Waals surface area contributed by atoms with Gasteiger partial charge in [0.15, 0.2) is 0 Å². The van der Waals surface area contributed by atoms with Gasteiger partial charge in [-0.1, -0.05) is 42.5 Å². The van der Waals surface area contributed by atoms with Gasteiger partial charge >= 0.3 is 6.03 Å². The number of carbonyl (C=O) groups excluding carboxylic acids is 1. The third-order valence-corrected chi connectivity index (χ3v) is 3.24. The number of para-hydroxylation sites is 1. The van der Waals surface area contributed by atoms with E-state index in [1.54, 1.807) is 6.07 Å². The van der Waals surface area contributed by atoms with E-state index in [0.717, 1.165) is 10.5 Å². The quantitative estimate of drug-likeness (QED) is 0.888. The van der Waals surface area contributed by atoms with Crippen molar-refractivity contribution in [3.63, 3.8) is 0 Å². The van der Waals surface area contributed by atoms with E-state index in [2.05, 4.69) is 0 Å². The molecule has 1 atom stereocenters. The molecule has 0 radical (unpaired) electrons. The topological polar surface area (TPSA) is 66.6 Å². The Labute approximate surface area is 134 Å². The lowest BCUT2D eigenvalue weighted by Crippen LogP contribution is -2.47. The highest BCUT2D eigenvalue weighted by Gasteiger charge is 2.25. The molecule has 0 unspecified atom stereocenters. The molecule has 2 amide bonds. The van der Waals surface area contributed by atoms with Crippen molar-refractivity contribution in [2.24, 2.45) is 5.73 Å². The Kier molecular flexibility index (Phi) is 6.82. The van der Waals surface area contributed by atoms with Crippen LogP contribution >= 0.6 is 12.4 Å². The minimum Gasteiger partial charge on any atom is -0.394 e. The lowest BCUT2D eigenvalue weighted by atomic mass is 10.0. The molecule has 0 aliphatic carbocycles. The molecule has 0 aliphatic rings. The van der Waals surface area contributed by atoms with Gasteiger partial charge in [-0.15, -0.1) is 12.4 Å². The molecule has 4 nitrogen and oxygen atoms in total. The summed E-state index contributed by atoms with van der Waals surface area (Å²) in [6.45, 7) is -0.313. The first kappa shape index (κ1) is 17.9. The number of amides is 2. The zero-order valence-electron chi connectivity index (χ0n) is 11.9. The van der Waals surface area contributed by atoms with E-state index in [9.17, 15) is 14.3 Å². The Morgan fingerprint density at radius 1 is 1.14 bits per heavy atom. The van der Waals surface area contributed by atoms with E-state index in [1.807, 2.05) is 30.3 Å². The summed E-state index contributed by atoms with van der Waals surface area (Å²) in [4.78, 5) is 12.8. The van der Waals surface area contributed by atoms with Gasteiger partial charge in [0.25, 0.3) is 0 Å². The molecule has 0 fully saturated rings. The Morgan fingerprint density at radius 3 is 2.27 bits per heavy atom. The van der Waals surface area contributed by atoms with E-state index in [1.165, 1.54) is 18.2 Å². The second kappa shape index (κ2) is 8.36. The molecule has 2 aromatic carbocycles. The maximum Gasteiger partial charge on any atom is 0.319 e. The SMILES string of the molecule is Cl.NC(=O)N(c1ccccc1F)[C@@H](CO)Cc1ccccc1. The van der Waals surface area contributed by atoms with Crippen molar-refractivity contribution < 1.29 is 14.3 Å². The first-order chi connectivity index (χ1) is 10.1. The minimum absolute atomic E-state index is 0. The first-order valence-corrected chi connectivity index (χ1v) is 6.61. The fraction of sp³-hybridized carbons (Fsp3) is 0.188. The van der Waals surface area contributed by atoms with Crippen molar-refractivity contribution in [1.82, 2.24) is 0 Å². The predicted molar refractivity (Wildman–Crippen MR) is 86.7 cm³/mol. The maximum absolute atomic E-state index is 13.9. The fourth-order valence-electron chi connectivity index (χ4n) is 2.27. The fourth-order valence-corrected chi connectivity index (χ4v) is 2.27. The molecule has 0 bridgehead atoms. The number of carbonyl (C=O) groups is 1. The molecule has 2 rings (SSSR count). The van der Waals surface area contributed by atoms with Crippen LogP contribution in [0.2, 0.25) is 0 Å². The number of halogens is 2. The average molecular weight is 325 g/mol. The van der Waals surface area contributed by atoms with Crippen LogP contribution in [0.25, 0.3) is 0 Å². The Bertz CT molecular complexity index is 610. The Balaban J connectivity index is 0.00000242. The second-order valence-corrected chi connectivity index (χ2v) is 4.69. The summed E-state index contributed by atoms with van der Waals surface area (Å²) >= 11 is 0. The Hall–Kier alpha value is -2.11. The number of hydrogen-bond acceptors (Lipinski definition) is 2. The molecule has 0 saturated carbocycles. The van der Waals surface area contributed by atoms with Gasteiger partial charge in [-0.05, 0) is 24.1 Å². The van der Waals surface area contributed by atoms with Gasteiger partial charge in [0.1, 0.15) is 5.82 Å². The maximum atomic E-state index is 13.9. The number of anilines is 1. The van der Waals surface area contributed by atoms with Gasteiger partial charge in [0, 0.05) is 0 Å². The van der Waals surface area contributed by atoms with Gasteiger partial charge in [-0.3, -0.25) is 4.90 Å². The third kappa shape index (κ3) is 4.19. The Morgan fingerprint density at radius 2 is 1.73 bits per heavy atom. The number of aliphatic hydroxyl groups excluding tert-OH is 1. The van der Waals surface area contributed by atoms with Gasteiger partial charge in [-0.2, -0.15) is 0 Å². The summed E-state index contributed by atoms with van der Waals surface area (Å²) in [5.74, 6) is -0.553. The van der Waals surface area contributed by atoms with E-state index in [0.29, 0.717) is 6.42 Å². The van der Waals surface area contributed by atoms with E-state index < -0.39 is 17.9 Å². The number of hydrogen-bond donors (Lipinski definition) is 2. The lowest BCUT2D eigenvalue weighted by Gasteiger charge is -2.29. The van der Waals surface area contributed by atoms with Crippen LogP contribution < -0.4 is 10.6 Å². The van der Waals surface area contributed by atoms with Crippen molar-refractivity contribution in [2.75, 3.05) is 11.5 Å². The molecule has 118 valence electrons. The van der Waals surface area contributed by atoms with Crippen LogP contribution in [0.3, 0.4) is 0 Å². The molecule has 0 saturated heterocycles. The number of benzene rings is 2. The summed E-state index contributed by atoms with van der Waals surface area (Å²) < 4.78 is 13.9. The van der Waals surface area contributed by atoms with Crippen molar-refractivity contribution in [2.45, 2.75) is 12.5 Å². The first-order valence-electron chi connectivity index (χ1n) is 6.61. The smallest absolute Gasteiger partial charge is 0.319 e. The van der Waals surface area contributed by atoms with Crippen molar-refractivity contribution in [1.29, 1.82) is 0 Å². The molecule has 0 spiro atoms. The number of nitrogens with two attached hydrogens (primary N) is 1. The lowest BCUT2D eigenvalue weighted by molar-refractivity contribution is 0.234. The molecule has 2 aromatic rings. The van der Waals surface area contributed by atoms with Crippen molar-refractivity contribution in [3.8, 4) is 0 Å². The van der Waals surface area contributed by atoms with E-state index >= 15 is 0 Å². The van der Waals surface area contributed by atoms with Crippen LogP contribution in [0, 0.1) is 5.82 Å². The molecule has 3 N–H and O–H groups in total. The molecule has 0 aromatic heterocycles. The number of aliphatic hydroxyl groups is 1. The van der Waals surface area contributed by atoms with Crippen LogP contribution in [-0.2, 0) is 6.42 Å². The van der Waals surface area contributed by atoms with Gasteiger partial charge < -0.3 is 10.8 Å². The standard InChI is InChI=1S/C16H17FN2O2.ClH/c17-14-8-4-5-9-15(14)19(16(18)21)13(11-20)10-12-6-2-1-3-7-12;/h1-9,13,20H,10-11H2,(H2,18,21);1H/t13-;/m1./s1. The van der Waals surface area contributed by atoms with Crippen LogP contribution in [0.15, 0.2) is 54.6 Å². The molecular weight excluding hydrogens is 307 g/mol. The summed E-state index contributed by atoms with van der Waals surface area (Å²) in [5, 5.41) is 9.59. The summed E-state index contributed by atoms with van der Waals surface area (Å²) in [7, 11) is 0. The predicted octanol–water partition coefficient (Wildman–Crippen LogP) is 2.74. The zero-order chi connectivity index (χ0) is 15.2. The average Bonchev–Trinajstić information content (AvgIpc) is 2.49. The van der Waals surface area contributed by atoms with Gasteiger partial charge in [0.05, 0.1) is 18.3 Å². The van der Waals surface area contributed by atoms with E-state index in [4.69, 9.17) is 5.73 Å². The summed E-state index contributed by atoms with van der Waals surface area (Å²) in [6, 6.07) is 13.8. The van der Waals surface area contributed by atoms with Crippen LogP contribution in [-0.4, -0.2) is 23.8 Å². The molecule has 0 heterocycles.